The third-order valence-corrected chi connectivity index (χ3v) is 11.3. The molecular formula is C31H52O7. The molecule has 10 atom stereocenters. The summed E-state index contributed by atoms with van der Waals surface area (Å²) in [4.78, 5) is 13.4. The van der Waals surface area contributed by atoms with E-state index >= 15 is 0 Å². The zero-order valence-electron chi connectivity index (χ0n) is 24.4. The van der Waals surface area contributed by atoms with Gasteiger partial charge in [0, 0.05) is 17.9 Å². The summed E-state index contributed by atoms with van der Waals surface area (Å²) < 4.78 is 6.28. The van der Waals surface area contributed by atoms with E-state index in [0.717, 1.165) is 24.8 Å². The molecule has 218 valence electrons. The van der Waals surface area contributed by atoms with Gasteiger partial charge in [0.05, 0.1) is 35.1 Å². The number of aliphatic hydroxyl groups is 5. The topological polar surface area (TPSA) is 127 Å². The lowest BCUT2D eigenvalue weighted by Gasteiger charge is -2.60. The minimum absolute atomic E-state index is 0.0547. The fraction of sp³-hybridized carbons (Fsp3) is 0.903. The first-order chi connectivity index (χ1) is 17.5. The van der Waals surface area contributed by atoms with Gasteiger partial charge in [-0.3, -0.25) is 4.79 Å². The number of hydrogen-bond acceptors (Lipinski definition) is 7. The van der Waals surface area contributed by atoms with Gasteiger partial charge in [0.1, 0.15) is 0 Å². The minimum atomic E-state index is -1.24. The molecule has 0 aliphatic heterocycles. The van der Waals surface area contributed by atoms with Crippen LogP contribution in [0.2, 0.25) is 0 Å². The summed E-state index contributed by atoms with van der Waals surface area (Å²) in [6.07, 6.45) is 5.36. The maximum Gasteiger partial charge on any atom is 0.159 e. The van der Waals surface area contributed by atoms with Gasteiger partial charge in [-0.25, -0.2) is 0 Å². The average Bonchev–Trinajstić information content (AvgIpc) is 3.09. The molecule has 0 aromatic heterocycles. The maximum absolute atomic E-state index is 13.4. The Morgan fingerprint density at radius 2 is 1.76 bits per heavy atom. The molecule has 3 fully saturated rings. The van der Waals surface area contributed by atoms with Gasteiger partial charge in [0.15, 0.2) is 5.78 Å². The Bertz CT molecular complexity index is 922. The highest BCUT2D eigenvalue weighted by Crippen LogP contribution is 2.68. The summed E-state index contributed by atoms with van der Waals surface area (Å²) >= 11 is 0. The molecule has 0 spiro atoms. The fourth-order valence-electron chi connectivity index (χ4n) is 8.93. The van der Waals surface area contributed by atoms with E-state index in [1.54, 1.807) is 19.9 Å². The Hall–Kier alpha value is -0.830. The van der Waals surface area contributed by atoms with Crippen molar-refractivity contribution in [3.63, 3.8) is 0 Å². The van der Waals surface area contributed by atoms with Crippen LogP contribution in [-0.4, -0.2) is 73.0 Å². The number of aliphatic hydroxyl groups excluding tert-OH is 2. The van der Waals surface area contributed by atoms with Crippen LogP contribution in [0, 0.1) is 28.6 Å². The molecule has 3 saturated carbocycles. The Morgan fingerprint density at radius 1 is 1.08 bits per heavy atom. The molecule has 4 aliphatic rings. The van der Waals surface area contributed by atoms with Crippen molar-refractivity contribution < 1.29 is 35.1 Å². The number of ether oxygens (including phenoxy) is 1. The molecule has 0 amide bonds. The molecule has 0 aromatic carbocycles. The number of allylic oxidation sites excluding steroid dienone is 1. The Morgan fingerprint density at radius 3 is 2.39 bits per heavy atom. The third kappa shape index (κ3) is 4.83. The van der Waals surface area contributed by atoms with Crippen molar-refractivity contribution in [1.29, 1.82) is 0 Å². The Kier molecular flexibility index (Phi) is 8.10. The molecule has 4 aliphatic carbocycles. The average molecular weight is 537 g/mol. The van der Waals surface area contributed by atoms with E-state index in [1.807, 2.05) is 13.8 Å². The first-order valence-corrected chi connectivity index (χ1v) is 14.9. The molecule has 7 heteroatoms. The number of carbonyl (C=O) groups is 1. The summed E-state index contributed by atoms with van der Waals surface area (Å²) in [7, 11) is 0. The van der Waals surface area contributed by atoms with Crippen molar-refractivity contribution in [2.24, 2.45) is 28.6 Å². The highest BCUT2D eigenvalue weighted by Gasteiger charge is 2.69. The number of fused-ring (bicyclic) bond motifs is 5. The first kappa shape index (κ1) is 30.1. The first-order valence-electron chi connectivity index (χ1n) is 14.9. The maximum atomic E-state index is 13.4. The number of carbonyl (C=O) groups excluding carboxylic acids is 1. The van der Waals surface area contributed by atoms with Crippen LogP contribution < -0.4 is 0 Å². The van der Waals surface area contributed by atoms with Gasteiger partial charge in [-0.05, 0) is 107 Å². The Labute approximate surface area is 228 Å². The van der Waals surface area contributed by atoms with Crippen LogP contribution in [0.15, 0.2) is 11.6 Å². The van der Waals surface area contributed by atoms with Gasteiger partial charge in [-0.1, -0.05) is 27.2 Å². The van der Waals surface area contributed by atoms with Crippen molar-refractivity contribution in [2.45, 2.75) is 141 Å². The van der Waals surface area contributed by atoms with Gasteiger partial charge in [0.2, 0.25) is 0 Å². The summed E-state index contributed by atoms with van der Waals surface area (Å²) in [5, 5.41) is 55.9. The van der Waals surface area contributed by atoms with E-state index in [-0.39, 0.29) is 30.0 Å². The van der Waals surface area contributed by atoms with Crippen LogP contribution in [0.5, 0.6) is 0 Å². The highest BCUT2D eigenvalue weighted by molar-refractivity contribution is 5.95. The summed E-state index contributed by atoms with van der Waals surface area (Å²) in [6, 6.07) is 0. The van der Waals surface area contributed by atoms with Crippen molar-refractivity contribution in [3.05, 3.63) is 11.6 Å². The molecule has 2 unspecified atom stereocenters. The Balaban J connectivity index is 1.66. The zero-order chi connectivity index (χ0) is 28.3. The molecule has 0 radical (unpaired) electrons. The van der Waals surface area contributed by atoms with E-state index in [0.29, 0.717) is 45.1 Å². The van der Waals surface area contributed by atoms with Gasteiger partial charge in [-0.2, -0.15) is 0 Å². The molecule has 4 rings (SSSR count). The number of ketones is 1. The van der Waals surface area contributed by atoms with E-state index in [1.165, 1.54) is 0 Å². The predicted molar refractivity (Wildman–Crippen MR) is 145 cm³/mol. The van der Waals surface area contributed by atoms with Gasteiger partial charge in [-0.15, -0.1) is 0 Å². The molecule has 0 aromatic rings. The van der Waals surface area contributed by atoms with Crippen LogP contribution in [0.1, 0.15) is 106 Å². The van der Waals surface area contributed by atoms with Crippen LogP contribution in [0.4, 0.5) is 0 Å². The predicted octanol–water partition coefficient (Wildman–Crippen LogP) is 3.68. The quantitative estimate of drug-likeness (QED) is 0.285. The van der Waals surface area contributed by atoms with Gasteiger partial charge in [0.25, 0.3) is 0 Å². The molecule has 0 heterocycles. The van der Waals surface area contributed by atoms with Gasteiger partial charge < -0.3 is 30.3 Å². The van der Waals surface area contributed by atoms with Crippen molar-refractivity contribution in [2.75, 3.05) is 6.61 Å². The largest absolute Gasteiger partial charge is 0.390 e. The second kappa shape index (κ2) is 10.2. The van der Waals surface area contributed by atoms with Crippen LogP contribution in [0.25, 0.3) is 0 Å². The van der Waals surface area contributed by atoms with Crippen molar-refractivity contribution in [1.82, 2.24) is 0 Å². The van der Waals surface area contributed by atoms with E-state index in [4.69, 9.17) is 4.74 Å². The standard InChI is InChI=1S/C31H52O7/c1-7-8-15-38-26(11-12-27(2,3)35)30(6,36)25-10-14-31(37)20-16-22(32)21-17-23(33)24(34)18-28(21,4)19(20)9-13-29(25,31)5/h16,19,21,23-26,33-37H,7-15,17-18H2,1-6H3/t19?,21-,23+,24-,25?,26+,28+,29+,30-,31+/m0/s1. The monoisotopic (exact) mass is 536 g/mol. The lowest BCUT2D eigenvalue weighted by Crippen LogP contribution is -2.63. The molecule has 5 N–H and O–H groups in total. The fourth-order valence-corrected chi connectivity index (χ4v) is 8.93. The van der Waals surface area contributed by atoms with Crippen LogP contribution in [0.3, 0.4) is 0 Å². The lowest BCUT2D eigenvalue weighted by atomic mass is 9.45. The van der Waals surface area contributed by atoms with Crippen molar-refractivity contribution in [3.8, 4) is 0 Å². The van der Waals surface area contributed by atoms with Crippen LogP contribution in [-0.2, 0) is 9.53 Å². The minimum Gasteiger partial charge on any atom is -0.390 e. The van der Waals surface area contributed by atoms with E-state index in [2.05, 4.69) is 13.8 Å². The number of rotatable bonds is 9. The van der Waals surface area contributed by atoms with Crippen LogP contribution >= 0.6 is 0 Å². The lowest BCUT2D eigenvalue weighted by molar-refractivity contribution is -0.187. The smallest absolute Gasteiger partial charge is 0.159 e. The second-order valence-electron chi connectivity index (χ2n) is 14.4. The third-order valence-electron chi connectivity index (χ3n) is 11.3. The molecule has 7 nitrogen and oxygen atoms in total. The number of unbranched alkanes of at least 4 members (excludes halogenated alkanes) is 1. The number of hydrogen-bond donors (Lipinski definition) is 5. The molecular weight excluding hydrogens is 484 g/mol. The summed E-state index contributed by atoms with van der Waals surface area (Å²) in [5.74, 6) is -0.736. The van der Waals surface area contributed by atoms with E-state index in [9.17, 15) is 30.3 Å². The normalized spacial score (nSPS) is 43.5. The second-order valence-corrected chi connectivity index (χ2v) is 14.4. The molecule has 0 saturated heterocycles. The van der Waals surface area contributed by atoms with E-state index < -0.39 is 45.9 Å². The van der Waals surface area contributed by atoms with Gasteiger partial charge >= 0.3 is 0 Å². The van der Waals surface area contributed by atoms with Crippen molar-refractivity contribution >= 4 is 5.78 Å². The SMILES string of the molecule is CCCCO[C@H](CCC(C)(C)O)[C@@](C)(O)C1CC[C@@]2(O)C3=CC(=O)[C@@H]4C[C@@H](O)[C@@H](O)C[C@]4(C)C3CC[C@]12C. The molecule has 0 bridgehead atoms. The summed E-state index contributed by atoms with van der Waals surface area (Å²) in [6.45, 7) is 12.1. The summed E-state index contributed by atoms with van der Waals surface area (Å²) in [5.41, 5.74) is -3.76. The zero-order valence-corrected chi connectivity index (χ0v) is 24.4. The molecule has 38 heavy (non-hydrogen) atoms. The highest BCUT2D eigenvalue weighted by atomic mass is 16.5.